The molecule has 3 N–H and O–H groups in total. The SMILES string of the molecule is CC(NC(=O)CC1(N)CCC1)c1cccc([N+](=O)[O-])c1. The summed E-state index contributed by atoms with van der Waals surface area (Å²) < 4.78 is 0. The molecule has 1 fully saturated rings. The van der Waals surface area contributed by atoms with Gasteiger partial charge in [0.1, 0.15) is 0 Å². The summed E-state index contributed by atoms with van der Waals surface area (Å²) >= 11 is 0. The number of rotatable bonds is 5. The first-order valence-electron chi connectivity index (χ1n) is 6.72. The molecule has 6 nitrogen and oxygen atoms in total. The van der Waals surface area contributed by atoms with Crippen molar-refractivity contribution >= 4 is 11.6 Å². The summed E-state index contributed by atoms with van der Waals surface area (Å²) in [6, 6.07) is 6.02. The average Bonchev–Trinajstić information content (AvgIpc) is 2.36. The third-order valence-corrected chi connectivity index (χ3v) is 3.82. The number of carbonyl (C=O) groups excluding carboxylic acids is 1. The fourth-order valence-electron chi connectivity index (χ4n) is 2.41. The van der Waals surface area contributed by atoms with Gasteiger partial charge in [-0.1, -0.05) is 12.1 Å². The normalized spacial score (nSPS) is 17.9. The van der Waals surface area contributed by atoms with Crippen LogP contribution in [0.4, 0.5) is 5.69 Å². The van der Waals surface area contributed by atoms with Crippen LogP contribution in [0.15, 0.2) is 24.3 Å². The maximum absolute atomic E-state index is 11.9. The molecule has 20 heavy (non-hydrogen) atoms. The van der Waals surface area contributed by atoms with Crippen LogP contribution in [0.2, 0.25) is 0 Å². The van der Waals surface area contributed by atoms with Crippen LogP contribution < -0.4 is 11.1 Å². The third kappa shape index (κ3) is 3.33. The highest BCUT2D eigenvalue weighted by atomic mass is 16.6. The summed E-state index contributed by atoms with van der Waals surface area (Å²) in [4.78, 5) is 22.2. The summed E-state index contributed by atoms with van der Waals surface area (Å²) in [5, 5.41) is 13.6. The van der Waals surface area contributed by atoms with Gasteiger partial charge in [-0.05, 0) is 31.7 Å². The molecule has 0 spiro atoms. The van der Waals surface area contributed by atoms with E-state index in [9.17, 15) is 14.9 Å². The number of hydrogen-bond donors (Lipinski definition) is 2. The Bertz CT molecular complexity index is 526. The van der Waals surface area contributed by atoms with Crippen molar-refractivity contribution in [3.63, 3.8) is 0 Å². The van der Waals surface area contributed by atoms with E-state index in [4.69, 9.17) is 5.73 Å². The van der Waals surface area contributed by atoms with Crippen molar-refractivity contribution in [3.8, 4) is 0 Å². The molecule has 108 valence electrons. The van der Waals surface area contributed by atoms with Gasteiger partial charge in [-0.2, -0.15) is 0 Å². The van der Waals surface area contributed by atoms with Gasteiger partial charge in [0.15, 0.2) is 0 Å². The Hall–Kier alpha value is -1.95. The molecule has 1 saturated carbocycles. The monoisotopic (exact) mass is 277 g/mol. The number of benzene rings is 1. The van der Waals surface area contributed by atoms with E-state index in [0.29, 0.717) is 12.0 Å². The molecule has 1 unspecified atom stereocenters. The van der Waals surface area contributed by atoms with Crippen LogP contribution in [-0.2, 0) is 4.79 Å². The minimum absolute atomic E-state index is 0.0258. The predicted octanol–water partition coefficient (Wildman–Crippen LogP) is 2.04. The van der Waals surface area contributed by atoms with Crippen LogP contribution in [0.1, 0.15) is 44.2 Å². The van der Waals surface area contributed by atoms with E-state index in [1.54, 1.807) is 19.1 Å². The summed E-state index contributed by atoms with van der Waals surface area (Å²) in [7, 11) is 0. The van der Waals surface area contributed by atoms with E-state index >= 15 is 0 Å². The maximum atomic E-state index is 11.9. The first kappa shape index (κ1) is 14.5. The molecular formula is C14H19N3O3. The molecule has 6 heteroatoms. The number of carbonyl (C=O) groups is 1. The van der Waals surface area contributed by atoms with Crippen molar-refractivity contribution in [1.82, 2.24) is 5.32 Å². The van der Waals surface area contributed by atoms with Crippen molar-refractivity contribution in [2.24, 2.45) is 5.73 Å². The van der Waals surface area contributed by atoms with Gasteiger partial charge < -0.3 is 11.1 Å². The summed E-state index contributed by atoms with van der Waals surface area (Å²) in [5.74, 6) is -0.105. The molecule has 0 bridgehead atoms. The number of non-ortho nitro benzene ring substituents is 1. The van der Waals surface area contributed by atoms with Crippen molar-refractivity contribution in [1.29, 1.82) is 0 Å². The van der Waals surface area contributed by atoms with Crippen LogP contribution in [0.5, 0.6) is 0 Å². The molecule has 2 rings (SSSR count). The smallest absolute Gasteiger partial charge is 0.269 e. The van der Waals surface area contributed by atoms with Gasteiger partial charge in [0.25, 0.3) is 5.69 Å². The van der Waals surface area contributed by atoms with Crippen LogP contribution in [0.25, 0.3) is 0 Å². The van der Waals surface area contributed by atoms with Gasteiger partial charge in [-0.25, -0.2) is 0 Å². The summed E-state index contributed by atoms with van der Waals surface area (Å²) in [6.07, 6.45) is 3.15. The highest BCUT2D eigenvalue weighted by Crippen LogP contribution is 2.32. The van der Waals surface area contributed by atoms with Gasteiger partial charge in [0.05, 0.1) is 11.0 Å². The van der Waals surface area contributed by atoms with E-state index in [-0.39, 0.29) is 23.2 Å². The summed E-state index contributed by atoms with van der Waals surface area (Å²) in [6.45, 7) is 1.81. The quantitative estimate of drug-likeness (QED) is 0.635. The Labute approximate surface area is 117 Å². The molecule has 1 aromatic carbocycles. The fraction of sp³-hybridized carbons (Fsp3) is 0.500. The van der Waals surface area contributed by atoms with Gasteiger partial charge in [-0.3, -0.25) is 14.9 Å². The van der Waals surface area contributed by atoms with E-state index < -0.39 is 4.92 Å². The van der Waals surface area contributed by atoms with E-state index in [1.165, 1.54) is 12.1 Å². The first-order valence-corrected chi connectivity index (χ1v) is 6.72. The van der Waals surface area contributed by atoms with E-state index in [0.717, 1.165) is 19.3 Å². The Morgan fingerprint density at radius 2 is 2.25 bits per heavy atom. The topological polar surface area (TPSA) is 98.3 Å². The number of nitrogens with two attached hydrogens (primary N) is 1. The lowest BCUT2D eigenvalue weighted by molar-refractivity contribution is -0.384. The molecule has 1 aromatic rings. The lowest BCUT2D eigenvalue weighted by atomic mass is 9.75. The van der Waals surface area contributed by atoms with Crippen molar-refractivity contribution in [3.05, 3.63) is 39.9 Å². The number of hydrogen-bond acceptors (Lipinski definition) is 4. The average molecular weight is 277 g/mol. The zero-order valence-corrected chi connectivity index (χ0v) is 11.5. The second-order valence-electron chi connectivity index (χ2n) is 5.53. The highest BCUT2D eigenvalue weighted by molar-refractivity contribution is 5.77. The zero-order chi connectivity index (χ0) is 14.8. The molecule has 0 aromatic heterocycles. The van der Waals surface area contributed by atoms with Gasteiger partial charge in [-0.15, -0.1) is 0 Å². The molecule has 1 aliphatic rings. The molecule has 1 aliphatic carbocycles. The Morgan fingerprint density at radius 3 is 2.80 bits per heavy atom. The second kappa shape index (κ2) is 5.58. The number of amides is 1. The maximum Gasteiger partial charge on any atom is 0.269 e. The number of nitrogens with zero attached hydrogens (tertiary/aromatic N) is 1. The minimum atomic E-state index is -0.443. The van der Waals surface area contributed by atoms with E-state index in [2.05, 4.69) is 5.32 Å². The number of nitrogens with one attached hydrogen (secondary N) is 1. The second-order valence-corrected chi connectivity index (χ2v) is 5.53. The molecule has 1 amide bonds. The van der Waals surface area contributed by atoms with Crippen molar-refractivity contribution < 1.29 is 9.72 Å². The van der Waals surface area contributed by atoms with Gasteiger partial charge in [0.2, 0.25) is 5.91 Å². The Kier molecular flexibility index (Phi) is 4.04. The Morgan fingerprint density at radius 1 is 1.55 bits per heavy atom. The van der Waals surface area contributed by atoms with Crippen LogP contribution in [-0.4, -0.2) is 16.4 Å². The van der Waals surface area contributed by atoms with Crippen LogP contribution in [0, 0.1) is 10.1 Å². The molecule has 0 saturated heterocycles. The Balaban J connectivity index is 1.97. The molecule has 1 atom stereocenters. The predicted molar refractivity (Wildman–Crippen MR) is 75.0 cm³/mol. The highest BCUT2D eigenvalue weighted by Gasteiger charge is 2.34. The van der Waals surface area contributed by atoms with Crippen LogP contribution in [0.3, 0.4) is 0 Å². The van der Waals surface area contributed by atoms with E-state index in [1.807, 2.05) is 0 Å². The number of nitro groups is 1. The standard InChI is InChI=1S/C14H19N3O3/c1-10(11-4-2-5-12(8-11)17(19)20)16-13(18)9-14(15)6-3-7-14/h2,4-5,8,10H,3,6-7,9,15H2,1H3,(H,16,18). The van der Waals surface area contributed by atoms with Crippen molar-refractivity contribution in [2.45, 2.75) is 44.2 Å². The third-order valence-electron chi connectivity index (χ3n) is 3.82. The number of nitro benzene ring substituents is 1. The summed E-state index contributed by atoms with van der Waals surface area (Å²) in [5.41, 5.74) is 6.42. The van der Waals surface area contributed by atoms with Gasteiger partial charge in [0, 0.05) is 24.1 Å². The van der Waals surface area contributed by atoms with Gasteiger partial charge >= 0.3 is 0 Å². The fourth-order valence-corrected chi connectivity index (χ4v) is 2.41. The van der Waals surface area contributed by atoms with Crippen molar-refractivity contribution in [2.75, 3.05) is 0 Å². The molecule has 0 heterocycles. The lowest BCUT2D eigenvalue weighted by Gasteiger charge is -2.37. The largest absolute Gasteiger partial charge is 0.350 e. The molecule has 0 radical (unpaired) electrons. The zero-order valence-electron chi connectivity index (χ0n) is 11.5. The molecular weight excluding hydrogens is 258 g/mol. The lowest BCUT2D eigenvalue weighted by Crippen LogP contribution is -2.50. The molecule has 0 aliphatic heterocycles. The van der Waals surface area contributed by atoms with Crippen LogP contribution >= 0.6 is 0 Å². The minimum Gasteiger partial charge on any atom is -0.350 e. The first-order chi connectivity index (χ1) is 9.39.